The largest absolute Gasteiger partial charge is 0.384 e. The van der Waals surface area contributed by atoms with Gasteiger partial charge in [0.05, 0.1) is 23.8 Å². The molecule has 7 nitrogen and oxygen atoms in total. The van der Waals surface area contributed by atoms with Gasteiger partial charge in [0.1, 0.15) is 0 Å². The van der Waals surface area contributed by atoms with E-state index >= 15 is 0 Å². The minimum Gasteiger partial charge on any atom is -0.384 e. The van der Waals surface area contributed by atoms with Crippen LogP contribution in [0.15, 0.2) is 12.3 Å². The number of aromatic nitrogens is 3. The Labute approximate surface area is 166 Å². The number of amides is 1. The number of hydrogen-bond donors (Lipinski definition) is 2. The second-order valence-corrected chi connectivity index (χ2v) is 8.65. The zero-order valence-corrected chi connectivity index (χ0v) is 17.1. The second-order valence-electron chi connectivity index (χ2n) is 8.65. The normalized spacial score (nSPS) is 19.3. The van der Waals surface area contributed by atoms with Crippen LogP contribution >= 0.6 is 0 Å². The summed E-state index contributed by atoms with van der Waals surface area (Å²) in [4.78, 5) is 18.0. The number of piperidine rings is 1. The summed E-state index contributed by atoms with van der Waals surface area (Å²) in [5.74, 6) is 0.447. The van der Waals surface area contributed by atoms with Gasteiger partial charge < -0.3 is 15.4 Å². The SMILES string of the molecule is COCC1(CNC(=O)c2cc(C3CC3)nc3c2cnn3C(C)C)CCNCC1. The molecule has 152 valence electrons. The fourth-order valence-electron chi connectivity index (χ4n) is 4.19. The molecule has 0 aromatic carbocycles. The highest BCUT2D eigenvalue weighted by Gasteiger charge is 2.33. The van der Waals surface area contributed by atoms with Crippen molar-refractivity contribution in [3.05, 3.63) is 23.5 Å². The minimum absolute atomic E-state index is 0.00322. The highest BCUT2D eigenvalue weighted by molar-refractivity contribution is 6.05. The lowest BCUT2D eigenvalue weighted by atomic mass is 9.79. The van der Waals surface area contributed by atoms with Crippen molar-refractivity contribution in [1.29, 1.82) is 0 Å². The van der Waals surface area contributed by atoms with Crippen LogP contribution in [0.4, 0.5) is 0 Å². The van der Waals surface area contributed by atoms with E-state index in [4.69, 9.17) is 9.72 Å². The molecular weight excluding hydrogens is 354 g/mol. The van der Waals surface area contributed by atoms with E-state index in [0.717, 1.165) is 55.5 Å². The van der Waals surface area contributed by atoms with Crippen LogP contribution in [0.1, 0.15) is 67.5 Å². The van der Waals surface area contributed by atoms with Gasteiger partial charge in [0.2, 0.25) is 0 Å². The van der Waals surface area contributed by atoms with Crippen LogP contribution in [0.2, 0.25) is 0 Å². The summed E-state index contributed by atoms with van der Waals surface area (Å²) in [5, 5.41) is 11.9. The van der Waals surface area contributed by atoms with Gasteiger partial charge in [-0.05, 0) is 58.7 Å². The summed E-state index contributed by atoms with van der Waals surface area (Å²) in [5.41, 5.74) is 2.54. The second kappa shape index (κ2) is 7.79. The van der Waals surface area contributed by atoms with Crippen molar-refractivity contribution in [3.63, 3.8) is 0 Å². The summed E-state index contributed by atoms with van der Waals surface area (Å²) in [7, 11) is 1.74. The quantitative estimate of drug-likeness (QED) is 0.766. The van der Waals surface area contributed by atoms with Crippen molar-refractivity contribution in [3.8, 4) is 0 Å². The van der Waals surface area contributed by atoms with Crippen molar-refractivity contribution in [2.24, 2.45) is 5.41 Å². The molecule has 2 N–H and O–H groups in total. The van der Waals surface area contributed by atoms with Crippen molar-refractivity contribution in [2.75, 3.05) is 33.4 Å². The number of hydrogen-bond acceptors (Lipinski definition) is 5. The molecule has 4 rings (SSSR count). The molecule has 0 unspecified atom stereocenters. The third-order valence-electron chi connectivity index (χ3n) is 6.05. The monoisotopic (exact) mass is 385 g/mol. The van der Waals surface area contributed by atoms with Crippen LogP contribution in [-0.4, -0.2) is 54.0 Å². The number of pyridine rings is 1. The van der Waals surface area contributed by atoms with E-state index in [9.17, 15) is 4.79 Å². The lowest BCUT2D eigenvalue weighted by Crippen LogP contribution is -2.47. The van der Waals surface area contributed by atoms with Crippen LogP contribution in [0.3, 0.4) is 0 Å². The number of carbonyl (C=O) groups is 1. The van der Waals surface area contributed by atoms with Gasteiger partial charge in [-0.25, -0.2) is 9.67 Å². The standard InChI is InChI=1S/C21H31N5O2/c1-14(2)26-19-17(11-24-26)16(10-18(25-19)15-4-5-15)20(27)23-12-21(13-28-3)6-8-22-9-7-21/h10-11,14-15,22H,4-9,12-13H2,1-3H3,(H,23,27). The first-order valence-electron chi connectivity index (χ1n) is 10.4. The first-order chi connectivity index (χ1) is 13.5. The zero-order valence-electron chi connectivity index (χ0n) is 17.1. The van der Waals surface area contributed by atoms with Crippen molar-refractivity contribution in [2.45, 2.75) is 51.5 Å². The fourth-order valence-corrected chi connectivity index (χ4v) is 4.19. The van der Waals surface area contributed by atoms with Gasteiger partial charge in [-0.3, -0.25) is 4.79 Å². The Hall–Kier alpha value is -1.99. The lowest BCUT2D eigenvalue weighted by Gasteiger charge is -2.37. The molecule has 1 saturated heterocycles. The molecule has 2 fully saturated rings. The van der Waals surface area contributed by atoms with E-state index in [2.05, 4.69) is 29.6 Å². The summed E-state index contributed by atoms with van der Waals surface area (Å²) in [6, 6.07) is 2.18. The van der Waals surface area contributed by atoms with Crippen LogP contribution in [0, 0.1) is 5.41 Å². The average Bonchev–Trinajstić information content (AvgIpc) is 3.45. The van der Waals surface area contributed by atoms with E-state index in [1.54, 1.807) is 13.3 Å². The predicted octanol–water partition coefficient (Wildman–Crippen LogP) is 2.64. The summed E-state index contributed by atoms with van der Waals surface area (Å²) in [6.07, 6.45) is 6.10. The topological polar surface area (TPSA) is 81.1 Å². The van der Waals surface area contributed by atoms with E-state index < -0.39 is 0 Å². The average molecular weight is 386 g/mol. The van der Waals surface area contributed by atoms with Gasteiger partial charge in [-0.15, -0.1) is 0 Å². The molecule has 0 spiro atoms. The number of nitrogens with zero attached hydrogens (tertiary/aromatic N) is 3. The van der Waals surface area contributed by atoms with Gasteiger partial charge in [-0.2, -0.15) is 5.10 Å². The third-order valence-corrected chi connectivity index (χ3v) is 6.05. The van der Waals surface area contributed by atoms with E-state index in [1.165, 1.54) is 0 Å². The fraction of sp³-hybridized carbons (Fsp3) is 0.667. The van der Waals surface area contributed by atoms with Crippen LogP contribution in [-0.2, 0) is 4.74 Å². The third kappa shape index (κ3) is 3.78. The van der Waals surface area contributed by atoms with Gasteiger partial charge in [-0.1, -0.05) is 0 Å². The molecular formula is C21H31N5O2. The Morgan fingerprint density at radius 1 is 1.39 bits per heavy atom. The Bertz CT molecular complexity index is 844. The number of fused-ring (bicyclic) bond motifs is 1. The van der Waals surface area contributed by atoms with Crippen molar-refractivity contribution in [1.82, 2.24) is 25.4 Å². The highest BCUT2D eigenvalue weighted by atomic mass is 16.5. The molecule has 0 bridgehead atoms. The Balaban J connectivity index is 1.61. The zero-order chi connectivity index (χ0) is 19.7. The molecule has 1 aliphatic carbocycles. The summed E-state index contributed by atoms with van der Waals surface area (Å²) in [6.45, 7) is 7.39. The predicted molar refractivity (Wildman–Crippen MR) is 109 cm³/mol. The lowest BCUT2D eigenvalue weighted by molar-refractivity contribution is 0.0512. The van der Waals surface area contributed by atoms with E-state index in [0.29, 0.717) is 24.6 Å². The van der Waals surface area contributed by atoms with Crippen LogP contribution in [0.25, 0.3) is 11.0 Å². The summed E-state index contributed by atoms with van der Waals surface area (Å²) < 4.78 is 7.39. The molecule has 2 aliphatic rings. The van der Waals surface area contributed by atoms with Crippen LogP contribution < -0.4 is 10.6 Å². The van der Waals surface area contributed by atoms with E-state index in [1.807, 2.05) is 10.7 Å². The molecule has 1 saturated carbocycles. The van der Waals surface area contributed by atoms with Gasteiger partial charge >= 0.3 is 0 Å². The number of carbonyl (C=O) groups excluding carboxylic acids is 1. The molecule has 1 aliphatic heterocycles. The Kier molecular flexibility index (Phi) is 5.38. The maximum absolute atomic E-state index is 13.2. The molecule has 2 aromatic rings. The maximum atomic E-state index is 13.2. The number of ether oxygens (including phenoxy) is 1. The molecule has 0 atom stereocenters. The Morgan fingerprint density at radius 2 is 2.14 bits per heavy atom. The molecule has 1 amide bonds. The highest BCUT2D eigenvalue weighted by Crippen LogP contribution is 2.40. The first-order valence-corrected chi connectivity index (χ1v) is 10.4. The summed E-state index contributed by atoms with van der Waals surface area (Å²) >= 11 is 0. The smallest absolute Gasteiger partial charge is 0.252 e. The number of methoxy groups -OCH3 is 1. The molecule has 3 heterocycles. The molecule has 0 radical (unpaired) electrons. The maximum Gasteiger partial charge on any atom is 0.252 e. The first kappa shape index (κ1) is 19.3. The van der Waals surface area contributed by atoms with Crippen molar-refractivity contribution >= 4 is 16.9 Å². The van der Waals surface area contributed by atoms with Gasteiger partial charge in [0, 0.05) is 36.7 Å². The molecule has 2 aromatic heterocycles. The number of nitrogens with one attached hydrogen (secondary N) is 2. The molecule has 28 heavy (non-hydrogen) atoms. The van der Waals surface area contributed by atoms with Crippen molar-refractivity contribution < 1.29 is 9.53 Å². The van der Waals surface area contributed by atoms with Gasteiger partial charge in [0.15, 0.2) is 5.65 Å². The van der Waals surface area contributed by atoms with Crippen LogP contribution in [0.5, 0.6) is 0 Å². The van der Waals surface area contributed by atoms with E-state index in [-0.39, 0.29) is 17.4 Å². The number of rotatable bonds is 7. The Morgan fingerprint density at radius 3 is 2.79 bits per heavy atom. The minimum atomic E-state index is -0.0355. The molecule has 7 heteroatoms. The van der Waals surface area contributed by atoms with Gasteiger partial charge in [0.25, 0.3) is 5.91 Å².